The third kappa shape index (κ3) is 2.66. The average molecular weight is 255 g/mol. The van der Waals surface area contributed by atoms with E-state index in [4.69, 9.17) is 4.74 Å². The molecule has 0 aromatic carbocycles. The fraction of sp³-hybridized carbons (Fsp3) is 0.846. The van der Waals surface area contributed by atoms with E-state index in [1.165, 1.54) is 0 Å². The van der Waals surface area contributed by atoms with Crippen molar-refractivity contribution in [1.82, 2.24) is 5.32 Å². The third-order valence-electron chi connectivity index (χ3n) is 3.93. The monoisotopic (exact) mass is 255 g/mol. The Hall–Kier alpha value is -1.10. The van der Waals surface area contributed by atoms with Crippen LogP contribution in [0.3, 0.4) is 0 Å². The van der Waals surface area contributed by atoms with Crippen LogP contribution in [0.4, 0.5) is 0 Å². The van der Waals surface area contributed by atoms with Gasteiger partial charge in [-0.15, -0.1) is 0 Å². The molecule has 0 saturated heterocycles. The van der Waals surface area contributed by atoms with Crippen LogP contribution in [0.2, 0.25) is 0 Å². The van der Waals surface area contributed by atoms with E-state index >= 15 is 0 Å². The molecule has 2 atom stereocenters. The SMILES string of the molecule is CCO[C@H]1C[C@H]1C(=O)NC1(C(=O)O)CCCCC1. The Bertz CT molecular complexity index is 336. The van der Waals surface area contributed by atoms with Crippen LogP contribution in [0.5, 0.6) is 0 Å². The molecule has 2 rings (SSSR count). The van der Waals surface area contributed by atoms with Gasteiger partial charge in [0.15, 0.2) is 0 Å². The fourth-order valence-electron chi connectivity index (χ4n) is 2.72. The fourth-order valence-corrected chi connectivity index (χ4v) is 2.72. The van der Waals surface area contributed by atoms with Crippen molar-refractivity contribution in [2.45, 2.75) is 57.1 Å². The Kier molecular flexibility index (Phi) is 3.90. The summed E-state index contributed by atoms with van der Waals surface area (Å²) < 4.78 is 5.36. The number of aliphatic carboxylic acids is 1. The standard InChI is InChI=1S/C13H21NO4/c1-2-18-10-8-9(10)11(15)14-13(12(16)17)6-4-3-5-7-13/h9-10H,2-8H2,1H3,(H,14,15)(H,16,17)/t9-,10+/m1/s1. The number of nitrogens with one attached hydrogen (secondary N) is 1. The molecule has 2 aliphatic rings. The molecule has 2 aliphatic carbocycles. The lowest BCUT2D eigenvalue weighted by atomic mass is 9.81. The number of ether oxygens (including phenoxy) is 1. The highest BCUT2D eigenvalue weighted by atomic mass is 16.5. The van der Waals surface area contributed by atoms with Crippen molar-refractivity contribution >= 4 is 11.9 Å². The van der Waals surface area contributed by atoms with E-state index in [2.05, 4.69) is 5.32 Å². The normalized spacial score (nSPS) is 29.6. The highest BCUT2D eigenvalue weighted by Gasteiger charge is 2.48. The van der Waals surface area contributed by atoms with Gasteiger partial charge in [0, 0.05) is 6.61 Å². The molecule has 0 bridgehead atoms. The summed E-state index contributed by atoms with van der Waals surface area (Å²) in [5.74, 6) is -1.20. The van der Waals surface area contributed by atoms with Crippen molar-refractivity contribution < 1.29 is 19.4 Å². The zero-order valence-corrected chi connectivity index (χ0v) is 10.8. The predicted molar refractivity (Wildman–Crippen MR) is 65.1 cm³/mol. The maximum atomic E-state index is 12.0. The Morgan fingerprint density at radius 1 is 1.33 bits per heavy atom. The van der Waals surface area contributed by atoms with Crippen LogP contribution in [0.25, 0.3) is 0 Å². The van der Waals surface area contributed by atoms with Crippen molar-refractivity contribution in [1.29, 1.82) is 0 Å². The summed E-state index contributed by atoms with van der Waals surface area (Å²) in [5, 5.41) is 12.1. The minimum absolute atomic E-state index is 0.00978. The van der Waals surface area contributed by atoms with E-state index in [0.29, 0.717) is 19.4 Å². The van der Waals surface area contributed by atoms with Gasteiger partial charge in [0.05, 0.1) is 12.0 Å². The molecule has 0 aliphatic heterocycles. The van der Waals surface area contributed by atoms with Gasteiger partial charge in [0.2, 0.25) is 5.91 Å². The van der Waals surface area contributed by atoms with Crippen LogP contribution in [-0.4, -0.2) is 35.2 Å². The third-order valence-corrected chi connectivity index (χ3v) is 3.93. The second kappa shape index (κ2) is 5.26. The first kappa shape index (κ1) is 13.3. The Morgan fingerprint density at radius 3 is 2.56 bits per heavy atom. The van der Waals surface area contributed by atoms with Gasteiger partial charge in [-0.1, -0.05) is 19.3 Å². The van der Waals surface area contributed by atoms with E-state index in [1.807, 2.05) is 6.92 Å². The molecule has 2 fully saturated rings. The molecule has 0 aromatic heterocycles. The van der Waals surface area contributed by atoms with Crippen LogP contribution >= 0.6 is 0 Å². The zero-order chi connectivity index (χ0) is 13.2. The first-order valence-electron chi connectivity index (χ1n) is 6.76. The molecule has 5 nitrogen and oxygen atoms in total. The van der Waals surface area contributed by atoms with Gasteiger partial charge in [-0.2, -0.15) is 0 Å². The largest absolute Gasteiger partial charge is 0.480 e. The Labute approximate surface area is 107 Å². The summed E-state index contributed by atoms with van der Waals surface area (Å²) in [4.78, 5) is 23.4. The van der Waals surface area contributed by atoms with Gasteiger partial charge in [-0.3, -0.25) is 4.79 Å². The lowest BCUT2D eigenvalue weighted by molar-refractivity contribution is -0.149. The molecule has 0 aromatic rings. The molecule has 0 heterocycles. The number of carboxylic acids is 1. The smallest absolute Gasteiger partial charge is 0.329 e. The number of carbonyl (C=O) groups excluding carboxylic acids is 1. The van der Waals surface area contributed by atoms with Gasteiger partial charge in [-0.05, 0) is 26.2 Å². The minimum atomic E-state index is -1.03. The van der Waals surface area contributed by atoms with Crippen LogP contribution < -0.4 is 5.32 Å². The number of carbonyl (C=O) groups is 2. The first-order valence-corrected chi connectivity index (χ1v) is 6.76. The summed E-state index contributed by atoms with van der Waals surface area (Å²) in [6.07, 6.45) is 4.58. The van der Waals surface area contributed by atoms with Crippen LogP contribution in [0.15, 0.2) is 0 Å². The molecule has 0 radical (unpaired) electrons. The van der Waals surface area contributed by atoms with Crippen molar-refractivity contribution in [2.75, 3.05) is 6.61 Å². The van der Waals surface area contributed by atoms with Crippen LogP contribution in [-0.2, 0) is 14.3 Å². The number of carboxylic acid groups (broad SMARTS) is 1. The van der Waals surface area contributed by atoms with Crippen molar-refractivity contribution in [3.05, 3.63) is 0 Å². The number of hydrogen-bond donors (Lipinski definition) is 2. The van der Waals surface area contributed by atoms with Crippen molar-refractivity contribution in [2.24, 2.45) is 5.92 Å². The van der Waals surface area contributed by atoms with Gasteiger partial charge in [0.25, 0.3) is 0 Å². The van der Waals surface area contributed by atoms with E-state index in [1.54, 1.807) is 0 Å². The number of hydrogen-bond acceptors (Lipinski definition) is 3. The summed E-state index contributed by atoms with van der Waals surface area (Å²) >= 11 is 0. The molecule has 102 valence electrons. The quantitative estimate of drug-likeness (QED) is 0.776. The molecule has 18 heavy (non-hydrogen) atoms. The Morgan fingerprint density at radius 2 is 2.00 bits per heavy atom. The summed E-state index contributed by atoms with van der Waals surface area (Å²) in [5.41, 5.74) is -1.03. The highest BCUT2D eigenvalue weighted by molar-refractivity contribution is 5.89. The van der Waals surface area contributed by atoms with Crippen LogP contribution in [0.1, 0.15) is 45.4 Å². The summed E-state index contributed by atoms with van der Waals surface area (Å²) in [6, 6.07) is 0. The van der Waals surface area contributed by atoms with Gasteiger partial charge in [0.1, 0.15) is 5.54 Å². The molecule has 0 unspecified atom stereocenters. The summed E-state index contributed by atoms with van der Waals surface area (Å²) in [7, 11) is 0. The molecule has 2 N–H and O–H groups in total. The van der Waals surface area contributed by atoms with Gasteiger partial charge >= 0.3 is 5.97 Å². The molecule has 1 amide bonds. The van der Waals surface area contributed by atoms with E-state index in [0.717, 1.165) is 25.7 Å². The van der Waals surface area contributed by atoms with E-state index in [9.17, 15) is 14.7 Å². The van der Waals surface area contributed by atoms with Crippen molar-refractivity contribution in [3.8, 4) is 0 Å². The second-order valence-corrected chi connectivity index (χ2v) is 5.27. The van der Waals surface area contributed by atoms with Gasteiger partial charge in [-0.25, -0.2) is 4.79 Å². The molecular weight excluding hydrogens is 234 g/mol. The molecular formula is C13H21NO4. The molecule has 5 heteroatoms. The minimum Gasteiger partial charge on any atom is -0.480 e. The lowest BCUT2D eigenvalue weighted by Gasteiger charge is -2.34. The predicted octanol–water partition coefficient (Wildman–Crippen LogP) is 1.32. The highest BCUT2D eigenvalue weighted by Crippen LogP contribution is 2.36. The summed E-state index contributed by atoms with van der Waals surface area (Å²) in [6.45, 7) is 2.49. The maximum absolute atomic E-state index is 12.0. The molecule has 0 spiro atoms. The first-order chi connectivity index (χ1) is 8.59. The average Bonchev–Trinajstić information content (AvgIpc) is 3.10. The lowest BCUT2D eigenvalue weighted by Crippen LogP contribution is -2.56. The molecule has 2 saturated carbocycles. The van der Waals surface area contributed by atoms with Crippen molar-refractivity contribution in [3.63, 3.8) is 0 Å². The number of rotatable bonds is 5. The van der Waals surface area contributed by atoms with Crippen LogP contribution in [0, 0.1) is 5.92 Å². The van der Waals surface area contributed by atoms with Gasteiger partial charge < -0.3 is 15.2 Å². The topological polar surface area (TPSA) is 75.6 Å². The second-order valence-electron chi connectivity index (χ2n) is 5.27. The zero-order valence-electron chi connectivity index (χ0n) is 10.8. The Balaban J connectivity index is 1.93. The van der Waals surface area contributed by atoms with E-state index in [-0.39, 0.29) is 17.9 Å². The van der Waals surface area contributed by atoms with E-state index < -0.39 is 11.5 Å². The number of amides is 1. The maximum Gasteiger partial charge on any atom is 0.329 e.